The molecule has 0 aromatic heterocycles. The van der Waals surface area contributed by atoms with Crippen molar-refractivity contribution in [2.45, 2.75) is 122 Å². The third-order valence-electron chi connectivity index (χ3n) is 13.3. The van der Waals surface area contributed by atoms with Gasteiger partial charge in [-0.1, -0.05) is 75.6 Å². The Morgan fingerprint density at radius 1 is 0.616 bits per heavy atom. The van der Waals surface area contributed by atoms with Crippen molar-refractivity contribution in [3.05, 3.63) is 107 Å². The highest BCUT2D eigenvalue weighted by Gasteiger charge is 2.45. The maximum absolute atomic E-state index is 12.8. The minimum absolute atomic E-state index is 0.00185. The van der Waals surface area contributed by atoms with E-state index >= 15 is 0 Å². The van der Waals surface area contributed by atoms with Gasteiger partial charge < -0.3 is 19.7 Å². The van der Waals surface area contributed by atoms with Crippen molar-refractivity contribution in [2.75, 3.05) is 17.2 Å². The first-order valence-electron chi connectivity index (χ1n) is 22.7. The van der Waals surface area contributed by atoms with Crippen molar-refractivity contribution in [3.8, 4) is 0 Å². The summed E-state index contributed by atoms with van der Waals surface area (Å²) < 4.78 is 177. The lowest BCUT2D eigenvalue weighted by Crippen LogP contribution is -2.30. The van der Waals surface area contributed by atoms with Crippen LogP contribution >= 0.6 is 0 Å². The second-order valence-corrected chi connectivity index (χ2v) is 25.9. The van der Waals surface area contributed by atoms with Gasteiger partial charge in [0.2, 0.25) is 0 Å². The van der Waals surface area contributed by atoms with E-state index in [0.29, 0.717) is 84.3 Å². The van der Waals surface area contributed by atoms with Crippen LogP contribution in [0, 0.1) is 0 Å². The first-order valence-corrected chi connectivity index (χ1v) is 30.1. The van der Waals surface area contributed by atoms with Gasteiger partial charge in [-0.05, 0) is 120 Å². The van der Waals surface area contributed by atoms with Gasteiger partial charge in [-0.2, -0.15) is 33.7 Å². The Labute approximate surface area is 423 Å². The summed E-state index contributed by atoms with van der Waals surface area (Å²) in [7, 11) is -25.0. The Hall–Kier alpha value is -5.35. The van der Waals surface area contributed by atoms with Gasteiger partial charge in [0.05, 0.1) is 15.5 Å². The van der Waals surface area contributed by atoms with Gasteiger partial charge in [0, 0.05) is 52.4 Å². The van der Waals surface area contributed by atoms with E-state index in [9.17, 15) is 84.7 Å². The van der Waals surface area contributed by atoms with Crippen LogP contribution < -0.4 is 4.90 Å². The minimum atomic E-state index is -5.24. The number of fused-ring (bicyclic) bond motifs is 6. The molecule has 1 atom stereocenters. The van der Waals surface area contributed by atoms with Crippen LogP contribution in [0.3, 0.4) is 0 Å². The van der Waals surface area contributed by atoms with E-state index < -0.39 is 98.7 Å². The molecular formula is C48H54NO19S5-. The SMILES string of the molecule is CC1(C)C(/C=C/C=C/C=C2\N(CCCS(=O)(=O)O)c3ccc4c(S(=O)(=O)O)cc(S(=O)(=O)O)cc4c3C2(C)CCCCCC(=O)O)=C(CCCCCC(=O)O)c2ccc3c(S(=O)(=O)O)cc(S(=O)(=O)[O-])cc3c21. The molecule has 20 nitrogen and oxygen atoms in total. The average molecular weight is 1110 g/mol. The molecule has 0 radical (unpaired) electrons. The number of anilines is 1. The highest BCUT2D eigenvalue weighted by Crippen LogP contribution is 2.55. The molecule has 6 N–H and O–H groups in total. The van der Waals surface area contributed by atoms with Crippen LogP contribution in [0.4, 0.5) is 5.69 Å². The van der Waals surface area contributed by atoms with E-state index in [-0.39, 0.29) is 60.2 Å². The number of carbonyl (C=O) groups is 2. The van der Waals surface area contributed by atoms with Crippen LogP contribution in [0.2, 0.25) is 0 Å². The molecule has 25 heteroatoms. The summed E-state index contributed by atoms with van der Waals surface area (Å²) in [6, 6.07) is 9.20. The van der Waals surface area contributed by atoms with E-state index in [1.807, 2.05) is 0 Å². The van der Waals surface area contributed by atoms with E-state index in [0.717, 1.165) is 17.7 Å². The lowest BCUT2D eigenvalue weighted by Gasteiger charge is -2.31. The Balaban J connectivity index is 1.53. The van der Waals surface area contributed by atoms with Gasteiger partial charge >= 0.3 is 11.9 Å². The molecule has 73 heavy (non-hydrogen) atoms. The highest BCUT2D eigenvalue weighted by atomic mass is 32.2. The molecule has 1 unspecified atom stereocenters. The van der Waals surface area contributed by atoms with E-state index in [1.165, 1.54) is 18.2 Å². The lowest BCUT2D eigenvalue weighted by atomic mass is 9.75. The van der Waals surface area contributed by atoms with Gasteiger partial charge in [0.1, 0.15) is 19.9 Å². The van der Waals surface area contributed by atoms with Crippen LogP contribution in [0.25, 0.3) is 27.1 Å². The third-order valence-corrected chi connectivity index (χ3v) is 17.6. The molecule has 1 aliphatic heterocycles. The van der Waals surface area contributed by atoms with E-state index in [4.69, 9.17) is 0 Å². The Kier molecular flexibility index (Phi) is 16.5. The number of unbranched alkanes of at least 4 members (excludes halogenated alkanes) is 4. The maximum Gasteiger partial charge on any atom is 0.303 e. The minimum Gasteiger partial charge on any atom is -0.744 e. The number of allylic oxidation sites excluding steroid dienone is 8. The zero-order chi connectivity index (χ0) is 54.3. The number of aliphatic carboxylic acids is 2. The molecule has 0 spiro atoms. The summed E-state index contributed by atoms with van der Waals surface area (Å²) in [5.74, 6) is -2.65. The first kappa shape index (κ1) is 56.9. The van der Waals surface area contributed by atoms with Gasteiger partial charge in [-0.25, -0.2) is 8.42 Å². The standard InChI is InChI=1S/C48H55NO19S5/c1-47(2)38(32(14-7-4-10-17-43(50)51)35-20-19-33-36(45(35)47)26-30(70(57,58)59)28-40(33)72(63,64)65)15-8-5-9-16-42-48(3,23-12-6-11-18-44(52)53)46-37-27-31(71(60,61)62)29-41(73(66,67)68)34(37)21-22-39(46)49(42)24-13-25-69(54,55)56/h5,8-9,15-16,19-22,26-29H,4,6-7,10-14,17-18,23-25H2,1-3H3,(H,50,51)(H,52,53)(H,54,55,56)(H,57,58,59)(H,60,61,62)(H,63,64,65)(H,66,67,68)/p-1/b9-5+,15-8+,42-16-. The molecule has 1 heterocycles. The molecule has 4 aromatic carbocycles. The fraction of sp³-hybridized carbons (Fsp3) is 0.375. The molecule has 0 bridgehead atoms. The van der Waals surface area contributed by atoms with Gasteiger partial charge in [0.15, 0.2) is 0 Å². The summed E-state index contributed by atoms with van der Waals surface area (Å²) in [5.41, 5.74) is 1.40. The molecule has 0 amide bonds. The summed E-state index contributed by atoms with van der Waals surface area (Å²) in [6.45, 7) is 5.30. The number of carboxylic acid groups (broad SMARTS) is 2. The van der Waals surface area contributed by atoms with E-state index in [2.05, 4.69) is 0 Å². The van der Waals surface area contributed by atoms with Crippen molar-refractivity contribution in [1.29, 1.82) is 0 Å². The summed E-state index contributed by atoms with van der Waals surface area (Å²) in [4.78, 5) is 21.0. The molecule has 4 aromatic rings. The number of hydrogen-bond acceptors (Lipinski definition) is 14. The molecular weight excluding hydrogens is 1050 g/mol. The Morgan fingerprint density at radius 2 is 1.16 bits per heavy atom. The van der Waals surface area contributed by atoms with E-state index in [1.54, 1.807) is 62.1 Å². The molecule has 6 rings (SSSR count). The predicted octanol–water partition coefficient (Wildman–Crippen LogP) is 7.80. The Morgan fingerprint density at radius 3 is 1.71 bits per heavy atom. The summed E-state index contributed by atoms with van der Waals surface area (Å²) >= 11 is 0. The highest BCUT2D eigenvalue weighted by molar-refractivity contribution is 7.87. The largest absolute Gasteiger partial charge is 0.744 e. The topological polar surface area (TPSA) is 353 Å². The van der Waals surface area contributed by atoms with Gasteiger partial charge in [-0.3, -0.25) is 27.8 Å². The molecule has 0 fully saturated rings. The molecule has 0 saturated heterocycles. The number of nitrogens with zero attached hydrogens (tertiary/aromatic N) is 1. The van der Waals surface area contributed by atoms with Crippen LogP contribution in [-0.2, 0) is 71.0 Å². The first-order chi connectivity index (χ1) is 33.7. The van der Waals surface area contributed by atoms with Crippen molar-refractivity contribution in [1.82, 2.24) is 0 Å². The van der Waals surface area contributed by atoms with Crippen molar-refractivity contribution in [3.63, 3.8) is 0 Å². The molecule has 0 saturated carbocycles. The lowest BCUT2D eigenvalue weighted by molar-refractivity contribution is -0.138. The second-order valence-electron chi connectivity index (χ2n) is 18.7. The normalized spacial score (nSPS) is 18.0. The molecule has 396 valence electrons. The number of rotatable bonds is 23. The average Bonchev–Trinajstić information content (AvgIpc) is 3.62. The van der Waals surface area contributed by atoms with Crippen LogP contribution in [0.15, 0.2) is 110 Å². The predicted molar refractivity (Wildman–Crippen MR) is 269 cm³/mol. The quantitative estimate of drug-likeness (QED) is 0.0234. The van der Waals surface area contributed by atoms with Gasteiger partial charge in [-0.15, -0.1) is 0 Å². The van der Waals surface area contributed by atoms with Crippen molar-refractivity contribution < 1.29 is 84.7 Å². The van der Waals surface area contributed by atoms with Crippen molar-refractivity contribution in [2.24, 2.45) is 0 Å². The number of benzene rings is 4. The number of carboxylic acids is 2. The Bertz CT molecular complexity index is 3630. The summed E-state index contributed by atoms with van der Waals surface area (Å²) in [6.07, 6.45) is 11.1. The zero-order valence-electron chi connectivity index (χ0n) is 39.7. The summed E-state index contributed by atoms with van der Waals surface area (Å²) in [5, 5.41) is 18.5. The monoisotopic (exact) mass is 1110 g/mol. The van der Waals surface area contributed by atoms with Crippen molar-refractivity contribution >= 4 is 95.3 Å². The smallest absolute Gasteiger partial charge is 0.303 e. The van der Waals surface area contributed by atoms with Crippen LogP contribution in [0.1, 0.15) is 108 Å². The molecule has 1 aliphatic carbocycles. The third kappa shape index (κ3) is 12.6. The second kappa shape index (κ2) is 21.1. The fourth-order valence-corrected chi connectivity index (χ4v) is 13.4. The van der Waals surface area contributed by atoms with Gasteiger partial charge in [0.25, 0.3) is 40.5 Å². The molecule has 2 aliphatic rings. The zero-order valence-corrected chi connectivity index (χ0v) is 43.8. The fourth-order valence-electron chi connectivity index (χ4n) is 10.2. The maximum atomic E-state index is 12.8. The van der Waals surface area contributed by atoms with Crippen LogP contribution in [-0.4, -0.2) is 99.3 Å². The number of hydrogen-bond donors (Lipinski definition) is 6. The van der Waals surface area contributed by atoms with Crippen LogP contribution in [0.5, 0.6) is 0 Å².